The van der Waals surface area contributed by atoms with Crippen molar-refractivity contribution < 1.29 is 4.74 Å². The van der Waals surface area contributed by atoms with Crippen LogP contribution < -0.4 is 15.8 Å². The van der Waals surface area contributed by atoms with E-state index in [4.69, 9.17) is 4.74 Å². The Labute approximate surface area is 170 Å². The smallest absolute Gasteiger partial charge is 0.251 e. The largest absolute Gasteiger partial charge is 0.378 e. The van der Waals surface area contributed by atoms with Crippen molar-refractivity contribution in [2.24, 2.45) is 0 Å². The van der Waals surface area contributed by atoms with Crippen LogP contribution in [0.4, 0.5) is 17.2 Å². The summed E-state index contributed by atoms with van der Waals surface area (Å²) in [6.07, 6.45) is 6.39. The Morgan fingerprint density at radius 3 is 2.52 bits per heavy atom. The highest BCUT2D eigenvalue weighted by Gasteiger charge is 2.20. The maximum Gasteiger partial charge on any atom is 0.251 e. The normalized spacial score (nSPS) is 17.7. The zero-order valence-electron chi connectivity index (χ0n) is 16.5. The summed E-state index contributed by atoms with van der Waals surface area (Å²) in [5.74, 6) is 0.758. The molecule has 3 aromatic rings. The number of nitrogens with one attached hydrogen (secondary N) is 1. The number of fused-ring (bicyclic) bond motifs is 1. The summed E-state index contributed by atoms with van der Waals surface area (Å²) in [4.78, 5) is 19.5. The molecule has 150 valence electrons. The van der Waals surface area contributed by atoms with Crippen LogP contribution in [0.3, 0.4) is 0 Å². The third-order valence-corrected chi connectivity index (χ3v) is 6.02. The summed E-state index contributed by atoms with van der Waals surface area (Å²) in [6.45, 7) is 3.42. The predicted octanol–water partition coefficient (Wildman–Crippen LogP) is 4.09. The van der Waals surface area contributed by atoms with Crippen LogP contribution in [0.1, 0.15) is 31.7 Å². The van der Waals surface area contributed by atoms with Gasteiger partial charge in [-0.25, -0.2) is 4.98 Å². The highest BCUT2D eigenvalue weighted by molar-refractivity contribution is 5.81. The number of hydrogen-bond acceptors (Lipinski definition) is 5. The first-order valence-electron chi connectivity index (χ1n) is 10.5. The minimum atomic E-state index is 0.0800. The predicted molar refractivity (Wildman–Crippen MR) is 116 cm³/mol. The molecule has 1 N–H and O–H groups in total. The summed E-state index contributed by atoms with van der Waals surface area (Å²) >= 11 is 0. The lowest BCUT2D eigenvalue weighted by molar-refractivity contribution is 0.122. The van der Waals surface area contributed by atoms with E-state index in [9.17, 15) is 4.79 Å². The van der Waals surface area contributed by atoms with E-state index in [0.717, 1.165) is 61.6 Å². The fraction of sp³-hybridized carbons (Fsp3) is 0.391. The Kier molecular flexibility index (Phi) is 4.94. The first-order chi connectivity index (χ1) is 14.3. The third-order valence-electron chi connectivity index (χ3n) is 6.02. The van der Waals surface area contributed by atoms with Crippen molar-refractivity contribution in [3.8, 4) is 0 Å². The van der Waals surface area contributed by atoms with Gasteiger partial charge in [-0.2, -0.15) is 0 Å². The lowest BCUT2D eigenvalue weighted by Crippen LogP contribution is -2.36. The summed E-state index contributed by atoms with van der Waals surface area (Å²) in [5, 5.41) is 4.40. The Balaban J connectivity index is 1.41. The average molecular weight is 390 g/mol. The minimum Gasteiger partial charge on any atom is -0.378 e. The van der Waals surface area contributed by atoms with E-state index < -0.39 is 0 Å². The summed E-state index contributed by atoms with van der Waals surface area (Å²) in [5.41, 5.74) is 3.24. The number of benzene rings is 1. The van der Waals surface area contributed by atoms with Crippen molar-refractivity contribution in [3.05, 3.63) is 59.0 Å². The second-order valence-electron chi connectivity index (χ2n) is 7.88. The molecule has 2 fully saturated rings. The number of hydrogen-bond donors (Lipinski definition) is 1. The molecule has 5 rings (SSSR count). The van der Waals surface area contributed by atoms with Crippen LogP contribution in [0.25, 0.3) is 10.9 Å². The van der Waals surface area contributed by atoms with Crippen molar-refractivity contribution in [1.29, 1.82) is 0 Å². The maximum atomic E-state index is 12.6. The average Bonchev–Trinajstić information content (AvgIpc) is 3.29. The summed E-state index contributed by atoms with van der Waals surface area (Å²) < 4.78 is 7.40. The molecule has 1 saturated carbocycles. The number of pyridine rings is 2. The van der Waals surface area contributed by atoms with Crippen LogP contribution in [0.2, 0.25) is 0 Å². The van der Waals surface area contributed by atoms with E-state index >= 15 is 0 Å². The molecule has 0 atom stereocenters. The van der Waals surface area contributed by atoms with E-state index in [0.29, 0.717) is 6.04 Å². The molecule has 0 radical (unpaired) electrons. The molecule has 2 aliphatic rings. The maximum absolute atomic E-state index is 12.6. The van der Waals surface area contributed by atoms with Crippen LogP contribution in [0.5, 0.6) is 0 Å². The highest BCUT2D eigenvalue weighted by Crippen LogP contribution is 2.31. The van der Waals surface area contributed by atoms with Crippen LogP contribution in [0, 0.1) is 0 Å². The zero-order chi connectivity index (χ0) is 19.6. The summed E-state index contributed by atoms with van der Waals surface area (Å²) in [7, 11) is 0. The molecule has 2 aromatic heterocycles. The molecular formula is C23H26N4O2. The van der Waals surface area contributed by atoms with Gasteiger partial charge in [-0.3, -0.25) is 4.79 Å². The second-order valence-corrected chi connectivity index (χ2v) is 7.88. The lowest BCUT2D eigenvalue weighted by atomic mass is 10.2. The molecule has 1 saturated heterocycles. The molecule has 1 aromatic carbocycles. The van der Waals surface area contributed by atoms with Gasteiger partial charge in [-0.05, 0) is 43.2 Å². The fourth-order valence-corrected chi connectivity index (χ4v) is 4.48. The monoisotopic (exact) mass is 390 g/mol. The lowest BCUT2D eigenvalue weighted by Gasteiger charge is -2.28. The number of aromatic nitrogens is 2. The van der Waals surface area contributed by atoms with Crippen LogP contribution >= 0.6 is 0 Å². The molecule has 29 heavy (non-hydrogen) atoms. The number of ether oxygens (including phenoxy) is 1. The number of anilines is 3. The van der Waals surface area contributed by atoms with Crippen molar-refractivity contribution >= 4 is 28.1 Å². The first-order valence-corrected chi connectivity index (χ1v) is 10.5. The molecule has 0 unspecified atom stereocenters. The topological polar surface area (TPSA) is 59.4 Å². The molecule has 6 nitrogen and oxygen atoms in total. The van der Waals surface area contributed by atoms with Crippen molar-refractivity contribution in [2.45, 2.75) is 31.7 Å². The molecule has 0 spiro atoms. The van der Waals surface area contributed by atoms with Crippen LogP contribution in [0.15, 0.2) is 53.5 Å². The molecule has 0 amide bonds. The van der Waals surface area contributed by atoms with Gasteiger partial charge in [0.15, 0.2) is 0 Å². The van der Waals surface area contributed by atoms with E-state index in [1.807, 2.05) is 22.9 Å². The Morgan fingerprint density at radius 2 is 1.76 bits per heavy atom. The third kappa shape index (κ3) is 3.72. The van der Waals surface area contributed by atoms with Gasteiger partial charge in [0, 0.05) is 54.2 Å². The van der Waals surface area contributed by atoms with E-state index in [1.165, 1.54) is 18.5 Å². The van der Waals surface area contributed by atoms with Gasteiger partial charge in [0.05, 0.1) is 18.7 Å². The SMILES string of the molecule is O=c1ccc2cnc(Nc3ccc(N4CCOCC4)cc3)cc2n1C1CCCC1. The highest BCUT2D eigenvalue weighted by atomic mass is 16.5. The second kappa shape index (κ2) is 7.87. The van der Waals surface area contributed by atoms with E-state index in [1.54, 1.807) is 6.07 Å². The minimum absolute atomic E-state index is 0.0800. The molecule has 1 aliphatic heterocycles. The number of nitrogens with zero attached hydrogens (tertiary/aromatic N) is 3. The van der Waals surface area contributed by atoms with Gasteiger partial charge in [0.2, 0.25) is 0 Å². The molecule has 1 aliphatic carbocycles. The van der Waals surface area contributed by atoms with E-state index in [2.05, 4.69) is 39.5 Å². The van der Waals surface area contributed by atoms with Gasteiger partial charge in [0.25, 0.3) is 5.56 Å². The van der Waals surface area contributed by atoms with Gasteiger partial charge in [-0.1, -0.05) is 12.8 Å². The van der Waals surface area contributed by atoms with Gasteiger partial charge in [0.1, 0.15) is 5.82 Å². The molecule has 6 heteroatoms. The van der Waals surface area contributed by atoms with Crippen LogP contribution in [-0.4, -0.2) is 35.9 Å². The quantitative estimate of drug-likeness (QED) is 0.727. The number of rotatable bonds is 4. The Morgan fingerprint density at radius 1 is 1.00 bits per heavy atom. The fourth-order valence-electron chi connectivity index (χ4n) is 4.48. The standard InChI is InChI=1S/C23H26N4O2/c28-23-10-5-17-16-24-22(15-21(17)27(23)20-3-1-2-4-20)25-18-6-8-19(9-7-18)26-11-13-29-14-12-26/h5-10,15-16,20H,1-4,11-14H2,(H,24,25). The van der Waals surface area contributed by atoms with E-state index in [-0.39, 0.29) is 5.56 Å². The first kappa shape index (κ1) is 18.2. The Hall–Kier alpha value is -2.86. The Bertz CT molecular complexity index is 1050. The van der Waals surface area contributed by atoms with Crippen molar-refractivity contribution in [2.75, 3.05) is 36.5 Å². The summed E-state index contributed by atoms with van der Waals surface area (Å²) in [6, 6.07) is 14.3. The molecule has 0 bridgehead atoms. The van der Waals surface area contributed by atoms with Gasteiger partial charge < -0.3 is 19.5 Å². The van der Waals surface area contributed by atoms with Crippen LogP contribution in [-0.2, 0) is 4.74 Å². The number of morpholine rings is 1. The van der Waals surface area contributed by atoms with Crippen molar-refractivity contribution in [3.63, 3.8) is 0 Å². The molecular weight excluding hydrogens is 364 g/mol. The van der Waals surface area contributed by atoms with Crippen molar-refractivity contribution in [1.82, 2.24) is 9.55 Å². The zero-order valence-corrected chi connectivity index (χ0v) is 16.5. The van der Waals surface area contributed by atoms with Gasteiger partial charge >= 0.3 is 0 Å². The van der Waals surface area contributed by atoms with Gasteiger partial charge in [-0.15, -0.1) is 0 Å². The molecule has 3 heterocycles.